The van der Waals surface area contributed by atoms with Crippen LogP contribution in [0.2, 0.25) is 0 Å². The normalized spacial score (nSPS) is 16.1. The molecular weight excluding hydrogens is 600 g/mol. The molecule has 0 bridgehead atoms. The van der Waals surface area contributed by atoms with E-state index in [9.17, 15) is 14.4 Å². The first-order valence-corrected chi connectivity index (χ1v) is 21.8. The number of allylic oxidation sites excluding steroid dienone is 9. The molecule has 10 heteroatoms. The molecule has 0 N–H and O–H groups in total. The average molecular weight is 615 g/mol. The van der Waals surface area contributed by atoms with Gasteiger partial charge in [-0.1, -0.05) is 0 Å². The van der Waals surface area contributed by atoms with E-state index in [1.807, 2.05) is 47.5 Å². The second-order valence-corrected chi connectivity index (χ2v) is 20.8. The number of carbonyl (C=O) groups excluding carboxylic acids is 3. The summed E-state index contributed by atoms with van der Waals surface area (Å²) in [6.45, 7) is 0. The SMILES string of the molecule is O=[C]([O][Ga]([O][C](=O)[Ge]1=[CH]C=CC=[CH]1)[O][C](=O)[Ge]1=[CH]C=CC=[CH]1)[Ge]1=[CH]C=CC=[CH]1. The predicted molar refractivity (Wildman–Crippen MR) is 115 cm³/mol. The maximum atomic E-state index is 12.5. The monoisotopic (exact) mass is 618 g/mol. The molecule has 0 fully saturated rings. The quantitative estimate of drug-likeness (QED) is 0.425. The molecule has 0 aromatic carbocycles. The van der Waals surface area contributed by atoms with E-state index < -0.39 is 73.4 Å². The summed E-state index contributed by atoms with van der Waals surface area (Å²) in [5.74, 6) is 0. The number of rotatable bonds is 6. The Morgan fingerprint density at radius 3 is 1.07 bits per heavy atom. The Morgan fingerprint density at radius 1 is 0.500 bits per heavy atom. The van der Waals surface area contributed by atoms with Crippen LogP contribution >= 0.6 is 0 Å². The van der Waals surface area contributed by atoms with E-state index >= 15 is 0 Å². The Morgan fingerprint density at radius 2 is 0.821 bits per heavy atom. The summed E-state index contributed by atoms with van der Waals surface area (Å²) in [5, 5.41) is 0. The molecule has 0 spiro atoms. The number of carbonyl (C=O) groups is 3. The molecule has 0 atom stereocenters. The van der Waals surface area contributed by atoms with Gasteiger partial charge in [-0.15, -0.1) is 0 Å². The fourth-order valence-corrected chi connectivity index (χ4v) is 18.5. The van der Waals surface area contributed by atoms with Gasteiger partial charge in [0.15, 0.2) is 0 Å². The van der Waals surface area contributed by atoms with Crippen molar-refractivity contribution in [2.24, 2.45) is 0 Å². The number of hydrogen-bond donors (Lipinski definition) is 0. The maximum absolute atomic E-state index is 12.5. The second-order valence-electron chi connectivity index (χ2n) is 5.60. The summed E-state index contributed by atoms with van der Waals surface area (Å²) < 4.78 is 16.4. The van der Waals surface area contributed by atoms with Gasteiger partial charge in [0.2, 0.25) is 0 Å². The molecule has 0 amide bonds. The van der Waals surface area contributed by atoms with Gasteiger partial charge in [-0.3, -0.25) is 0 Å². The van der Waals surface area contributed by atoms with Gasteiger partial charge in [0, 0.05) is 0 Å². The van der Waals surface area contributed by atoms with Crippen molar-refractivity contribution >= 4 is 88.0 Å². The summed E-state index contributed by atoms with van der Waals surface area (Å²) in [5.41, 5.74) is 0. The van der Waals surface area contributed by atoms with Crippen molar-refractivity contribution in [1.82, 2.24) is 0 Å². The molecule has 28 heavy (non-hydrogen) atoms. The van der Waals surface area contributed by atoms with Crippen LogP contribution < -0.4 is 0 Å². The summed E-state index contributed by atoms with van der Waals surface area (Å²) in [4.78, 5) is 47.2. The molecule has 0 aromatic rings. The Bertz CT molecular complexity index is 842. The Labute approximate surface area is 181 Å². The van der Waals surface area contributed by atoms with Gasteiger partial charge >= 0.3 is 182 Å². The van der Waals surface area contributed by atoms with E-state index in [1.54, 1.807) is 36.5 Å². The van der Waals surface area contributed by atoms with Crippen LogP contribution in [0.1, 0.15) is 0 Å². The first-order valence-electron chi connectivity index (χ1n) is 8.41. The van der Waals surface area contributed by atoms with Crippen molar-refractivity contribution in [2.45, 2.75) is 0 Å². The molecule has 0 saturated carbocycles. The van der Waals surface area contributed by atoms with Gasteiger partial charge in [0.1, 0.15) is 0 Å². The third-order valence-electron chi connectivity index (χ3n) is 3.64. The van der Waals surface area contributed by atoms with Gasteiger partial charge in [0.25, 0.3) is 0 Å². The van der Waals surface area contributed by atoms with Crippen molar-refractivity contribution in [1.29, 1.82) is 0 Å². The van der Waals surface area contributed by atoms with Gasteiger partial charge < -0.3 is 0 Å². The Balaban J connectivity index is 1.72. The van der Waals surface area contributed by atoms with Crippen molar-refractivity contribution in [3.05, 3.63) is 69.4 Å². The van der Waals surface area contributed by atoms with Crippen LogP contribution in [-0.4, -0.2) is 88.0 Å². The zero-order valence-corrected chi connectivity index (χ0v) is 23.4. The van der Waals surface area contributed by atoms with Crippen molar-refractivity contribution in [2.75, 3.05) is 0 Å². The Hall–Kier alpha value is -1.28. The second kappa shape index (κ2) is 11.1. The van der Waals surface area contributed by atoms with Crippen molar-refractivity contribution in [3.63, 3.8) is 0 Å². The molecule has 138 valence electrons. The molecule has 0 aromatic heterocycles. The third kappa shape index (κ3) is 6.37. The standard InChI is InChI=1S/3C6H6GeO2.Ga/c3*8-6(9)7-4-2-1-3-5-7;/h3*1-5H,(H,8,9);/q;;;+3/p-3. The van der Waals surface area contributed by atoms with Crippen LogP contribution in [0.15, 0.2) is 69.4 Å². The Kier molecular flexibility index (Phi) is 8.46. The van der Waals surface area contributed by atoms with Gasteiger partial charge in [-0.2, -0.15) is 0 Å². The van der Waals surface area contributed by atoms with E-state index in [0.29, 0.717) is 0 Å². The zero-order chi connectivity index (χ0) is 19.8. The van der Waals surface area contributed by atoms with Crippen molar-refractivity contribution in [3.8, 4) is 0 Å². The minimum atomic E-state index is -3.85. The van der Waals surface area contributed by atoms with Crippen molar-refractivity contribution < 1.29 is 25.0 Å². The van der Waals surface area contributed by atoms with E-state index in [1.165, 1.54) is 0 Å². The molecule has 0 unspecified atom stereocenters. The first kappa shape index (κ1) is 21.4. The topological polar surface area (TPSA) is 78.9 Å². The third-order valence-corrected chi connectivity index (χ3v) is 20.0. The molecule has 0 radical (unpaired) electrons. The summed E-state index contributed by atoms with van der Waals surface area (Å²) in [7, 11) is 0. The van der Waals surface area contributed by atoms with Crippen LogP contribution in [0.4, 0.5) is 14.4 Å². The molecule has 6 nitrogen and oxygen atoms in total. The van der Waals surface area contributed by atoms with Crippen LogP contribution in [0, 0.1) is 0 Å². The van der Waals surface area contributed by atoms with E-state index in [-0.39, 0.29) is 0 Å². The molecule has 0 saturated heterocycles. The molecular formula is C18H15GaGe3O6. The summed E-state index contributed by atoms with van der Waals surface area (Å²) >= 11 is -10.9. The van der Waals surface area contributed by atoms with E-state index in [2.05, 4.69) is 0 Å². The number of hydrogen-bond acceptors (Lipinski definition) is 6. The van der Waals surface area contributed by atoms with Crippen LogP contribution in [0.25, 0.3) is 0 Å². The average Bonchev–Trinajstić information content (AvgIpc) is 2.75. The molecule has 3 heterocycles. The van der Waals surface area contributed by atoms with Gasteiger partial charge in [-0.05, 0) is 0 Å². The first-order chi connectivity index (χ1) is 13.6. The van der Waals surface area contributed by atoms with Gasteiger partial charge in [0.05, 0.1) is 0 Å². The fraction of sp³-hybridized carbons (Fsp3) is 0. The zero-order valence-electron chi connectivity index (χ0n) is 14.7. The molecule has 3 aliphatic rings. The molecule has 3 rings (SSSR count). The van der Waals surface area contributed by atoms with Gasteiger partial charge in [-0.25, -0.2) is 0 Å². The predicted octanol–water partition coefficient (Wildman–Crippen LogP) is 1.76. The molecule has 0 aliphatic carbocycles. The summed E-state index contributed by atoms with van der Waals surface area (Å²) in [6, 6.07) is 0. The van der Waals surface area contributed by atoms with E-state index in [0.717, 1.165) is 0 Å². The van der Waals surface area contributed by atoms with Crippen LogP contribution in [0.5, 0.6) is 0 Å². The van der Waals surface area contributed by atoms with E-state index in [4.69, 9.17) is 10.6 Å². The molecule has 3 aliphatic heterocycles. The summed E-state index contributed by atoms with van der Waals surface area (Å²) in [6.07, 6.45) is 16.3. The van der Waals surface area contributed by atoms with Crippen LogP contribution in [-0.2, 0) is 10.6 Å². The van der Waals surface area contributed by atoms with Crippen LogP contribution in [0.3, 0.4) is 0 Å². The fourth-order valence-electron chi connectivity index (χ4n) is 2.26. The minimum absolute atomic E-state index is 0.410.